The molecule has 0 unspecified atom stereocenters. The second-order valence-electron chi connectivity index (χ2n) is 6.52. The predicted molar refractivity (Wildman–Crippen MR) is 84.0 cm³/mol. The van der Waals surface area contributed by atoms with Gasteiger partial charge in [0.1, 0.15) is 0 Å². The summed E-state index contributed by atoms with van der Waals surface area (Å²) < 4.78 is 0. The Morgan fingerprint density at radius 3 is 2.68 bits per heavy atom. The van der Waals surface area contributed by atoms with Gasteiger partial charge in [-0.1, -0.05) is 6.08 Å². The van der Waals surface area contributed by atoms with Gasteiger partial charge in [-0.15, -0.1) is 6.58 Å². The Bertz CT molecular complexity index is 409. The van der Waals surface area contributed by atoms with Crippen molar-refractivity contribution in [2.24, 2.45) is 5.92 Å². The number of aliphatic hydroxyl groups excluding tert-OH is 2. The van der Waals surface area contributed by atoms with Gasteiger partial charge in [0, 0.05) is 13.0 Å². The molecule has 0 aliphatic carbocycles. The highest BCUT2D eigenvalue weighted by atomic mass is 16.3. The van der Waals surface area contributed by atoms with Gasteiger partial charge < -0.3 is 20.4 Å². The normalized spacial score (nSPS) is 19.8. The van der Waals surface area contributed by atoms with Crippen LogP contribution in [0.2, 0.25) is 0 Å². The molecule has 1 rings (SSSR count). The van der Waals surface area contributed by atoms with Crippen LogP contribution in [-0.2, 0) is 9.59 Å². The second-order valence-corrected chi connectivity index (χ2v) is 6.52. The summed E-state index contributed by atoms with van der Waals surface area (Å²) in [4.78, 5) is 26.4. The topological polar surface area (TPSA) is 89.9 Å². The van der Waals surface area contributed by atoms with Crippen LogP contribution in [-0.4, -0.2) is 58.3 Å². The highest BCUT2D eigenvalue weighted by molar-refractivity contribution is 5.86. The van der Waals surface area contributed by atoms with Crippen LogP contribution in [0.15, 0.2) is 12.7 Å². The van der Waals surface area contributed by atoms with Crippen molar-refractivity contribution >= 4 is 11.8 Å². The van der Waals surface area contributed by atoms with Gasteiger partial charge in [-0.25, -0.2) is 0 Å². The van der Waals surface area contributed by atoms with E-state index in [0.29, 0.717) is 13.0 Å². The van der Waals surface area contributed by atoms with Crippen molar-refractivity contribution in [3.05, 3.63) is 12.7 Å². The molecule has 1 fully saturated rings. The minimum absolute atomic E-state index is 0.0401. The molecule has 2 amide bonds. The second kappa shape index (κ2) is 8.29. The van der Waals surface area contributed by atoms with Gasteiger partial charge in [-0.2, -0.15) is 0 Å². The maximum absolute atomic E-state index is 12.4. The van der Waals surface area contributed by atoms with E-state index >= 15 is 0 Å². The zero-order valence-corrected chi connectivity index (χ0v) is 13.5. The summed E-state index contributed by atoms with van der Waals surface area (Å²) in [5.41, 5.74) is -0.721. The van der Waals surface area contributed by atoms with Crippen LogP contribution in [0, 0.1) is 5.92 Å². The minimum atomic E-state index is -0.721. The van der Waals surface area contributed by atoms with Crippen molar-refractivity contribution < 1.29 is 19.8 Å². The average molecular weight is 312 g/mol. The van der Waals surface area contributed by atoms with E-state index in [2.05, 4.69) is 11.9 Å². The molecule has 0 spiro atoms. The van der Waals surface area contributed by atoms with Crippen LogP contribution in [0.4, 0.5) is 0 Å². The highest BCUT2D eigenvalue weighted by Crippen LogP contribution is 2.21. The summed E-state index contributed by atoms with van der Waals surface area (Å²) in [7, 11) is 0. The molecule has 2 atom stereocenters. The number of likely N-dealkylation sites (tertiary alicyclic amines) is 1. The molecule has 0 radical (unpaired) electrons. The summed E-state index contributed by atoms with van der Waals surface area (Å²) in [6, 6.07) is -0.131. The Balaban J connectivity index is 2.68. The van der Waals surface area contributed by atoms with E-state index in [-0.39, 0.29) is 37.5 Å². The lowest BCUT2D eigenvalue weighted by molar-refractivity contribution is -0.138. The first-order valence-electron chi connectivity index (χ1n) is 7.78. The molecule has 0 aromatic carbocycles. The smallest absolute Gasteiger partial charge is 0.224 e. The standard InChI is InChI=1S/C16H28N2O4/c1-4-6-12(15(22)17-16(2,3)11-20)9-14(21)18-8-5-7-13(18)10-19/h4,12-13,19-20H,1,5-11H2,2-3H3,(H,17,22)/t12-,13-/m0/s1. The molecule has 126 valence electrons. The van der Waals surface area contributed by atoms with Crippen molar-refractivity contribution in [3.63, 3.8) is 0 Å². The Morgan fingerprint density at radius 2 is 2.14 bits per heavy atom. The van der Waals surface area contributed by atoms with Crippen LogP contribution >= 0.6 is 0 Å². The number of hydrogen-bond acceptors (Lipinski definition) is 4. The molecule has 1 aliphatic rings. The van der Waals surface area contributed by atoms with E-state index in [4.69, 9.17) is 0 Å². The molecule has 0 saturated carbocycles. The Kier molecular flexibility index (Phi) is 7.03. The average Bonchev–Trinajstić information content (AvgIpc) is 2.94. The van der Waals surface area contributed by atoms with Crippen molar-refractivity contribution in [2.45, 2.75) is 51.1 Å². The third-order valence-corrected chi connectivity index (χ3v) is 4.01. The fourth-order valence-electron chi connectivity index (χ4n) is 2.64. The van der Waals surface area contributed by atoms with Crippen molar-refractivity contribution in [1.29, 1.82) is 0 Å². The number of carbonyl (C=O) groups is 2. The zero-order valence-electron chi connectivity index (χ0n) is 13.5. The number of aliphatic hydroxyl groups is 2. The first kappa shape index (κ1) is 18.6. The number of carbonyl (C=O) groups excluding carboxylic acids is 2. The van der Waals surface area contributed by atoms with E-state index in [0.717, 1.165) is 12.8 Å². The van der Waals surface area contributed by atoms with Gasteiger partial charge in [0.05, 0.1) is 30.7 Å². The maximum atomic E-state index is 12.4. The molecule has 6 nitrogen and oxygen atoms in total. The third-order valence-electron chi connectivity index (χ3n) is 4.01. The van der Waals surface area contributed by atoms with Gasteiger partial charge in [-0.3, -0.25) is 9.59 Å². The lowest BCUT2D eigenvalue weighted by Crippen LogP contribution is -2.49. The summed E-state index contributed by atoms with van der Waals surface area (Å²) >= 11 is 0. The first-order valence-corrected chi connectivity index (χ1v) is 7.78. The number of hydrogen-bond donors (Lipinski definition) is 3. The van der Waals surface area contributed by atoms with E-state index in [9.17, 15) is 19.8 Å². The molecule has 6 heteroatoms. The number of rotatable bonds is 8. The largest absolute Gasteiger partial charge is 0.394 e. The SMILES string of the molecule is C=CC[C@@H](CC(=O)N1CCC[C@H]1CO)C(=O)NC(C)(C)CO. The Morgan fingerprint density at radius 1 is 1.45 bits per heavy atom. The van der Waals surface area contributed by atoms with Crippen LogP contribution in [0.5, 0.6) is 0 Å². The molecule has 1 heterocycles. The van der Waals surface area contributed by atoms with E-state index < -0.39 is 11.5 Å². The van der Waals surface area contributed by atoms with Gasteiger partial charge in [0.15, 0.2) is 0 Å². The maximum Gasteiger partial charge on any atom is 0.224 e. The molecule has 0 aromatic rings. The molecule has 0 aromatic heterocycles. The van der Waals surface area contributed by atoms with Crippen molar-refractivity contribution in [2.75, 3.05) is 19.8 Å². The van der Waals surface area contributed by atoms with E-state index in [1.54, 1.807) is 24.8 Å². The molecule has 0 bridgehead atoms. The van der Waals surface area contributed by atoms with E-state index in [1.165, 1.54) is 0 Å². The summed E-state index contributed by atoms with van der Waals surface area (Å²) in [5, 5.41) is 21.3. The van der Waals surface area contributed by atoms with Crippen LogP contribution in [0.25, 0.3) is 0 Å². The fraction of sp³-hybridized carbons (Fsp3) is 0.750. The van der Waals surface area contributed by atoms with Gasteiger partial charge in [0.2, 0.25) is 11.8 Å². The van der Waals surface area contributed by atoms with Crippen LogP contribution in [0.3, 0.4) is 0 Å². The summed E-state index contributed by atoms with van der Waals surface area (Å²) in [6.45, 7) is 7.50. The number of allylic oxidation sites excluding steroid dienone is 1. The van der Waals surface area contributed by atoms with Crippen molar-refractivity contribution in [3.8, 4) is 0 Å². The fourth-order valence-corrected chi connectivity index (χ4v) is 2.64. The van der Waals surface area contributed by atoms with Crippen LogP contribution in [0.1, 0.15) is 39.5 Å². The minimum Gasteiger partial charge on any atom is -0.394 e. The predicted octanol–water partition coefficient (Wildman–Crippen LogP) is 0.439. The molecular weight excluding hydrogens is 284 g/mol. The monoisotopic (exact) mass is 312 g/mol. The Hall–Kier alpha value is -1.40. The van der Waals surface area contributed by atoms with Gasteiger partial charge in [0.25, 0.3) is 0 Å². The van der Waals surface area contributed by atoms with E-state index in [1.807, 2.05) is 0 Å². The number of amides is 2. The zero-order chi connectivity index (χ0) is 16.8. The summed E-state index contributed by atoms with van der Waals surface area (Å²) in [6.07, 6.45) is 3.80. The van der Waals surface area contributed by atoms with Gasteiger partial charge >= 0.3 is 0 Å². The molecular formula is C16H28N2O4. The molecule has 1 aliphatic heterocycles. The van der Waals surface area contributed by atoms with Gasteiger partial charge in [-0.05, 0) is 33.1 Å². The molecule has 1 saturated heterocycles. The third kappa shape index (κ3) is 5.10. The lowest BCUT2D eigenvalue weighted by Gasteiger charge is -2.28. The molecule has 3 N–H and O–H groups in total. The number of nitrogens with zero attached hydrogens (tertiary/aromatic N) is 1. The quantitative estimate of drug-likeness (QED) is 0.567. The number of nitrogens with one attached hydrogen (secondary N) is 1. The lowest BCUT2D eigenvalue weighted by atomic mass is 9.97. The summed E-state index contributed by atoms with van der Waals surface area (Å²) in [5.74, 6) is -0.872. The highest BCUT2D eigenvalue weighted by Gasteiger charge is 2.32. The Labute approximate surface area is 132 Å². The van der Waals surface area contributed by atoms with Crippen molar-refractivity contribution in [1.82, 2.24) is 10.2 Å². The first-order chi connectivity index (χ1) is 10.3. The van der Waals surface area contributed by atoms with Crippen LogP contribution < -0.4 is 5.32 Å². The molecule has 22 heavy (non-hydrogen) atoms.